The van der Waals surface area contributed by atoms with Crippen LogP contribution in [0.4, 0.5) is 5.82 Å². The molecule has 1 N–H and O–H groups in total. The molecule has 0 spiro atoms. The third kappa shape index (κ3) is 3.86. The van der Waals surface area contributed by atoms with Gasteiger partial charge in [-0.1, -0.05) is 31.0 Å². The molecule has 2 fully saturated rings. The first-order chi connectivity index (χ1) is 13.3. The van der Waals surface area contributed by atoms with E-state index in [-0.39, 0.29) is 11.9 Å². The van der Waals surface area contributed by atoms with Crippen LogP contribution in [0.15, 0.2) is 36.5 Å². The largest absolute Gasteiger partial charge is 0.496 e. The number of carbonyl (C=O) groups is 1. The van der Waals surface area contributed by atoms with Crippen LogP contribution < -0.4 is 10.1 Å². The minimum Gasteiger partial charge on any atom is -0.496 e. The average molecular weight is 368 g/mol. The van der Waals surface area contributed by atoms with Gasteiger partial charge >= 0.3 is 0 Å². The van der Waals surface area contributed by atoms with E-state index in [0.717, 1.165) is 43.8 Å². The molecule has 1 amide bonds. The first kappa shape index (κ1) is 18.0. The summed E-state index contributed by atoms with van der Waals surface area (Å²) in [6, 6.07) is 10.7. The lowest BCUT2D eigenvalue weighted by Gasteiger charge is -2.25. The zero-order valence-corrected chi connectivity index (χ0v) is 15.9. The summed E-state index contributed by atoms with van der Waals surface area (Å²) in [5, 5.41) is 7.52. The maximum atomic E-state index is 12.7. The summed E-state index contributed by atoms with van der Waals surface area (Å²) >= 11 is 0. The first-order valence-corrected chi connectivity index (χ1v) is 9.96. The Hall–Kier alpha value is -2.34. The number of ether oxygens (including phenoxy) is 1. The molecular weight excluding hydrogens is 340 g/mol. The number of carbonyl (C=O) groups excluding carboxylic acids is 1. The third-order valence-corrected chi connectivity index (χ3v) is 5.82. The first-order valence-electron chi connectivity index (χ1n) is 9.96. The molecule has 2 aromatic rings. The number of amides is 1. The van der Waals surface area contributed by atoms with Crippen molar-refractivity contribution in [3.05, 3.63) is 42.1 Å². The highest BCUT2D eigenvalue weighted by molar-refractivity contribution is 5.91. The minimum absolute atomic E-state index is 0.0246. The topological polar surface area (TPSA) is 59.4 Å². The van der Waals surface area contributed by atoms with Crippen LogP contribution in [0.25, 0.3) is 0 Å². The fourth-order valence-electron chi connectivity index (χ4n) is 4.53. The Morgan fingerprint density at radius 3 is 2.81 bits per heavy atom. The van der Waals surface area contributed by atoms with Crippen molar-refractivity contribution in [2.75, 3.05) is 25.5 Å². The summed E-state index contributed by atoms with van der Waals surface area (Å²) in [6.07, 6.45) is 8.70. The van der Waals surface area contributed by atoms with Crippen molar-refractivity contribution in [3.63, 3.8) is 0 Å². The number of aromatic nitrogens is 2. The summed E-state index contributed by atoms with van der Waals surface area (Å²) in [7, 11) is 1.70. The van der Waals surface area contributed by atoms with Crippen molar-refractivity contribution < 1.29 is 9.53 Å². The standard InChI is InChI=1S/C21H28N4O2/c1-27-19-11-5-4-9-17(19)18-10-6-14-24(18)15-21(26)23-20-12-13-22-25(20)16-7-2-3-8-16/h4-5,9,11-13,16,18H,2-3,6-8,10,14-15H2,1H3,(H,23,26)/t18-/m0/s1. The van der Waals surface area contributed by atoms with Crippen molar-refractivity contribution >= 4 is 11.7 Å². The maximum Gasteiger partial charge on any atom is 0.239 e. The van der Waals surface area contributed by atoms with Gasteiger partial charge in [-0.3, -0.25) is 9.69 Å². The highest BCUT2D eigenvalue weighted by atomic mass is 16.5. The van der Waals surface area contributed by atoms with Gasteiger partial charge in [0.2, 0.25) is 5.91 Å². The lowest BCUT2D eigenvalue weighted by Crippen LogP contribution is -2.33. The molecule has 6 heteroatoms. The Morgan fingerprint density at radius 1 is 1.19 bits per heavy atom. The van der Waals surface area contributed by atoms with E-state index in [4.69, 9.17) is 4.74 Å². The van der Waals surface area contributed by atoms with Crippen LogP contribution >= 0.6 is 0 Å². The van der Waals surface area contributed by atoms with Gasteiger partial charge in [0, 0.05) is 17.7 Å². The van der Waals surface area contributed by atoms with Crippen LogP contribution in [0, 0.1) is 0 Å². The number of hydrogen-bond acceptors (Lipinski definition) is 4. The van der Waals surface area contributed by atoms with Gasteiger partial charge < -0.3 is 10.1 Å². The second kappa shape index (κ2) is 8.13. The summed E-state index contributed by atoms with van der Waals surface area (Å²) < 4.78 is 7.52. The van der Waals surface area contributed by atoms with E-state index < -0.39 is 0 Å². The van der Waals surface area contributed by atoms with Gasteiger partial charge in [-0.15, -0.1) is 0 Å². The van der Waals surface area contributed by atoms with Crippen LogP contribution in [0.1, 0.15) is 56.2 Å². The van der Waals surface area contributed by atoms with E-state index in [1.807, 2.05) is 28.9 Å². The van der Waals surface area contributed by atoms with Crippen LogP contribution in [0.2, 0.25) is 0 Å². The van der Waals surface area contributed by atoms with E-state index in [0.29, 0.717) is 12.6 Å². The molecule has 1 aromatic carbocycles. The number of nitrogens with one attached hydrogen (secondary N) is 1. The highest BCUT2D eigenvalue weighted by Crippen LogP contribution is 2.36. The summed E-state index contributed by atoms with van der Waals surface area (Å²) in [4.78, 5) is 15.0. The molecule has 4 rings (SSSR count). The molecule has 27 heavy (non-hydrogen) atoms. The summed E-state index contributed by atoms with van der Waals surface area (Å²) in [5.74, 6) is 1.74. The van der Waals surface area contributed by atoms with E-state index in [9.17, 15) is 4.79 Å². The molecule has 0 unspecified atom stereocenters. The van der Waals surface area contributed by atoms with Gasteiger partial charge in [-0.25, -0.2) is 4.68 Å². The van der Waals surface area contributed by atoms with Crippen molar-refractivity contribution in [2.24, 2.45) is 0 Å². The number of methoxy groups -OCH3 is 1. The molecule has 0 bridgehead atoms. The SMILES string of the molecule is COc1ccccc1[C@@H]1CCCN1CC(=O)Nc1ccnn1C1CCCC1. The van der Waals surface area contributed by atoms with E-state index >= 15 is 0 Å². The van der Waals surface area contributed by atoms with Crippen LogP contribution in [-0.4, -0.2) is 40.8 Å². The predicted molar refractivity (Wildman–Crippen MR) is 105 cm³/mol. The smallest absolute Gasteiger partial charge is 0.239 e. The van der Waals surface area contributed by atoms with E-state index in [1.54, 1.807) is 13.3 Å². The van der Waals surface area contributed by atoms with Gasteiger partial charge in [0.25, 0.3) is 0 Å². The fraction of sp³-hybridized carbons (Fsp3) is 0.524. The zero-order valence-electron chi connectivity index (χ0n) is 15.9. The number of benzene rings is 1. The van der Waals surface area contributed by atoms with Crippen molar-refractivity contribution in [3.8, 4) is 5.75 Å². The van der Waals surface area contributed by atoms with Crippen molar-refractivity contribution in [2.45, 2.75) is 50.6 Å². The van der Waals surface area contributed by atoms with Gasteiger partial charge in [-0.05, 0) is 38.3 Å². The molecule has 1 atom stereocenters. The molecule has 0 radical (unpaired) electrons. The summed E-state index contributed by atoms with van der Waals surface area (Å²) in [6.45, 7) is 1.32. The van der Waals surface area contributed by atoms with Crippen LogP contribution in [0.3, 0.4) is 0 Å². The number of para-hydroxylation sites is 1. The molecule has 144 valence electrons. The van der Waals surface area contributed by atoms with Gasteiger partial charge in [0.05, 0.1) is 25.9 Å². The molecule has 1 aliphatic carbocycles. The second-order valence-corrected chi connectivity index (χ2v) is 7.52. The van der Waals surface area contributed by atoms with Crippen LogP contribution in [0.5, 0.6) is 5.75 Å². The molecule has 2 aliphatic rings. The quantitative estimate of drug-likeness (QED) is 0.843. The lowest BCUT2D eigenvalue weighted by molar-refractivity contribution is -0.117. The molecule has 1 saturated carbocycles. The molecular formula is C21H28N4O2. The summed E-state index contributed by atoms with van der Waals surface area (Å²) in [5.41, 5.74) is 1.17. The number of nitrogens with zero attached hydrogens (tertiary/aromatic N) is 3. The fourth-order valence-corrected chi connectivity index (χ4v) is 4.53. The van der Waals surface area contributed by atoms with E-state index in [1.165, 1.54) is 18.4 Å². The molecule has 1 aliphatic heterocycles. The van der Waals surface area contributed by atoms with Crippen molar-refractivity contribution in [1.82, 2.24) is 14.7 Å². The molecule has 1 saturated heterocycles. The van der Waals surface area contributed by atoms with Crippen LogP contribution in [-0.2, 0) is 4.79 Å². The normalized spacial score (nSPS) is 20.9. The number of likely N-dealkylation sites (tertiary alicyclic amines) is 1. The molecule has 1 aromatic heterocycles. The van der Waals surface area contributed by atoms with Gasteiger partial charge in [0.15, 0.2) is 0 Å². The second-order valence-electron chi connectivity index (χ2n) is 7.52. The lowest BCUT2D eigenvalue weighted by atomic mass is 10.0. The maximum absolute atomic E-state index is 12.7. The predicted octanol–water partition coefficient (Wildman–Crippen LogP) is 3.78. The Kier molecular flexibility index (Phi) is 5.43. The number of anilines is 1. The Balaban J connectivity index is 1.43. The Morgan fingerprint density at radius 2 is 2.00 bits per heavy atom. The Bertz CT molecular complexity index is 782. The van der Waals surface area contributed by atoms with E-state index in [2.05, 4.69) is 21.4 Å². The molecule has 2 heterocycles. The van der Waals surface area contributed by atoms with Gasteiger partial charge in [-0.2, -0.15) is 5.10 Å². The third-order valence-electron chi connectivity index (χ3n) is 5.82. The van der Waals surface area contributed by atoms with Gasteiger partial charge in [0.1, 0.15) is 11.6 Å². The minimum atomic E-state index is 0.0246. The average Bonchev–Trinajstić information content (AvgIpc) is 3.43. The monoisotopic (exact) mass is 368 g/mol. The number of rotatable bonds is 6. The van der Waals surface area contributed by atoms with Crippen molar-refractivity contribution in [1.29, 1.82) is 0 Å². The zero-order chi connectivity index (χ0) is 18.6. The Labute approximate surface area is 160 Å². The molecule has 6 nitrogen and oxygen atoms in total. The highest BCUT2D eigenvalue weighted by Gasteiger charge is 2.30. The number of hydrogen-bond donors (Lipinski definition) is 1.